The number of hydrogen-bond acceptors (Lipinski definition) is 3. The fraction of sp³-hybridized carbons (Fsp3) is 0.333. The molecule has 1 aromatic rings. The Morgan fingerprint density at radius 2 is 2.00 bits per heavy atom. The maximum absolute atomic E-state index is 11.3. The highest BCUT2D eigenvalue weighted by Gasteiger charge is 2.20. The Morgan fingerprint density at radius 1 is 1.29 bits per heavy atom. The Morgan fingerprint density at radius 3 is 2.65 bits per heavy atom. The summed E-state index contributed by atoms with van der Waals surface area (Å²) in [6.07, 6.45) is -0.494. The summed E-state index contributed by atoms with van der Waals surface area (Å²) in [6, 6.07) is 5.60. The summed E-state index contributed by atoms with van der Waals surface area (Å²) in [4.78, 5) is 24.1. The number of fused-ring (bicyclic) bond motifs is 1. The number of hydrogen-bond donors (Lipinski definition) is 1. The zero-order valence-corrected chi connectivity index (χ0v) is 9.82. The van der Waals surface area contributed by atoms with E-state index in [0.29, 0.717) is 18.8 Å². The summed E-state index contributed by atoms with van der Waals surface area (Å²) in [6.45, 7) is 2.80. The van der Waals surface area contributed by atoms with Crippen LogP contribution in [0.1, 0.15) is 18.1 Å². The van der Waals surface area contributed by atoms with E-state index in [9.17, 15) is 9.59 Å². The summed E-state index contributed by atoms with van der Waals surface area (Å²) >= 11 is 0. The van der Waals surface area contributed by atoms with Crippen molar-refractivity contribution < 1.29 is 14.3 Å². The van der Waals surface area contributed by atoms with Gasteiger partial charge < -0.3 is 9.64 Å². The molecule has 0 spiro atoms. The van der Waals surface area contributed by atoms with Gasteiger partial charge >= 0.3 is 6.09 Å². The summed E-state index contributed by atoms with van der Waals surface area (Å²) in [7, 11) is 1.32. The minimum absolute atomic E-state index is 0.0590. The lowest BCUT2D eigenvalue weighted by atomic mass is 10.1. The van der Waals surface area contributed by atoms with Gasteiger partial charge in [0.1, 0.15) is 0 Å². The Balaban J connectivity index is 2.15. The summed E-state index contributed by atoms with van der Waals surface area (Å²) in [5, 5.41) is 2.60. The van der Waals surface area contributed by atoms with Crippen LogP contribution in [0.4, 0.5) is 10.5 Å². The SMILES string of the molecule is COC(=O)Nc1ccc2c(c1)CN(C(C)=O)C2. The minimum atomic E-state index is -0.494. The molecular formula is C12H14N2O3. The predicted octanol–water partition coefficient (Wildman–Crippen LogP) is 1.73. The topological polar surface area (TPSA) is 58.6 Å². The molecule has 2 amide bonds. The number of methoxy groups -OCH3 is 1. The number of benzene rings is 1. The second-order valence-corrected chi connectivity index (χ2v) is 3.98. The second kappa shape index (κ2) is 4.45. The van der Waals surface area contributed by atoms with E-state index < -0.39 is 6.09 Å². The third-order valence-electron chi connectivity index (χ3n) is 2.81. The van der Waals surface area contributed by atoms with Crippen molar-refractivity contribution in [1.82, 2.24) is 4.90 Å². The number of nitrogens with one attached hydrogen (secondary N) is 1. The van der Waals surface area contributed by atoms with Crippen molar-refractivity contribution in [2.75, 3.05) is 12.4 Å². The van der Waals surface area contributed by atoms with Gasteiger partial charge in [0, 0.05) is 25.7 Å². The fourth-order valence-corrected chi connectivity index (χ4v) is 1.86. The van der Waals surface area contributed by atoms with Crippen molar-refractivity contribution in [2.24, 2.45) is 0 Å². The first-order valence-corrected chi connectivity index (χ1v) is 5.32. The molecule has 0 unspecified atom stereocenters. The quantitative estimate of drug-likeness (QED) is 0.805. The molecule has 2 rings (SSSR count). The monoisotopic (exact) mass is 234 g/mol. The highest BCUT2D eigenvalue weighted by Crippen LogP contribution is 2.25. The Kier molecular flexibility index (Phi) is 2.99. The summed E-state index contributed by atoms with van der Waals surface area (Å²) in [5.41, 5.74) is 2.87. The molecule has 17 heavy (non-hydrogen) atoms. The van der Waals surface area contributed by atoms with Gasteiger partial charge in [0.05, 0.1) is 7.11 Å². The maximum Gasteiger partial charge on any atom is 0.411 e. The Labute approximate surface area is 99.4 Å². The summed E-state index contributed by atoms with van der Waals surface area (Å²) < 4.78 is 4.52. The maximum atomic E-state index is 11.3. The lowest BCUT2D eigenvalue weighted by molar-refractivity contribution is -0.129. The minimum Gasteiger partial charge on any atom is -0.453 e. The number of carbonyl (C=O) groups excluding carboxylic acids is 2. The fourth-order valence-electron chi connectivity index (χ4n) is 1.86. The molecule has 0 saturated carbocycles. The molecule has 0 aromatic heterocycles. The molecule has 0 saturated heterocycles. The second-order valence-electron chi connectivity index (χ2n) is 3.98. The van der Waals surface area contributed by atoms with Crippen LogP contribution in [-0.2, 0) is 22.6 Å². The van der Waals surface area contributed by atoms with E-state index >= 15 is 0 Å². The average Bonchev–Trinajstić information content (AvgIpc) is 2.72. The predicted molar refractivity (Wildman–Crippen MR) is 62.4 cm³/mol. The van der Waals surface area contributed by atoms with E-state index in [2.05, 4.69) is 10.1 Å². The molecule has 5 heteroatoms. The van der Waals surface area contributed by atoms with Crippen LogP contribution in [0.3, 0.4) is 0 Å². The molecule has 1 heterocycles. The van der Waals surface area contributed by atoms with E-state index in [4.69, 9.17) is 0 Å². The van der Waals surface area contributed by atoms with E-state index in [1.54, 1.807) is 17.9 Å². The molecule has 1 N–H and O–H groups in total. The number of nitrogens with zero attached hydrogens (tertiary/aromatic N) is 1. The Hall–Kier alpha value is -2.04. The van der Waals surface area contributed by atoms with Crippen LogP contribution in [0.2, 0.25) is 0 Å². The first-order valence-electron chi connectivity index (χ1n) is 5.32. The molecule has 0 atom stereocenters. The number of carbonyl (C=O) groups is 2. The van der Waals surface area contributed by atoms with Gasteiger partial charge in [0.2, 0.25) is 5.91 Å². The molecule has 5 nitrogen and oxygen atoms in total. The number of rotatable bonds is 1. The van der Waals surface area contributed by atoms with Crippen molar-refractivity contribution >= 4 is 17.7 Å². The summed E-state index contributed by atoms with van der Waals surface area (Å²) in [5.74, 6) is 0.0590. The highest BCUT2D eigenvalue weighted by atomic mass is 16.5. The molecule has 0 bridgehead atoms. The van der Waals surface area contributed by atoms with Crippen LogP contribution < -0.4 is 5.32 Å². The number of amides is 2. The van der Waals surface area contributed by atoms with Crippen LogP contribution in [0.5, 0.6) is 0 Å². The van der Waals surface area contributed by atoms with Gasteiger partial charge in [-0.15, -0.1) is 0 Å². The molecular weight excluding hydrogens is 220 g/mol. The van der Waals surface area contributed by atoms with E-state index in [0.717, 1.165) is 11.1 Å². The molecule has 0 radical (unpaired) electrons. The standard InChI is InChI=1S/C12H14N2O3/c1-8(15)14-6-9-3-4-11(5-10(9)7-14)13-12(16)17-2/h3-5H,6-7H2,1-2H3,(H,13,16). The van der Waals surface area contributed by atoms with Crippen molar-refractivity contribution in [3.8, 4) is 0 Å². The van der Waals surface area contributed by atoms with Gasteiger partial charge in [-0.05, 0) is 23.3 Å². The molecule has 0 fully saturated rings. The van der Waals surface area contributed by atoms with Gasteiger partial charge in [0.15, 0.2) is 0 Å². The zero-order chi connectivity index (χ0) is 12.4. The lowest BCUT2D eigenvalue weighted by Crippen LogP contribution is -2.21. The molecule has 0 aliphatic carbocycles. The average molecular weight is 234 g/mol. The third kappa shape index (κ3) is 2.38. The van der Waals surface area contributed by atoms with E-state index in [1.807, 2.05) is 12.1 Å². The Bertz CT molecular complexity index is 471. The van der Waals surface area contributed by atoms with Crippen molar-refractivity contribution in [3.63, 3.8) is 0 Å². The molecule has 1 aromatic carbocycles. The van der Waals surface area contributed by atoms with Crippen LogP contribution in [0, 0.1) is 0 Å². The van der Waals surface area contributed by atoms with Crippen LogP contribution in [0.25, 0.3) is 0 Å². The smallest absolute Gasteiger partial charge is 0.411 e. The van der Waals surface area contributed by atoms with Crippen LogP contribution in [0.15, 0.2) is 18.2 Å². The van der Waals surface area contributed by atoms with Crippen molar-refractivity contribution in [2.45, 2.75) is 20.0 Å². The highest BCUT2D eigenvalue weighted by molar-refractivity contribution is 5.84. The normalized spacial score (nSPS) is 13.2. The van der Waals surface area contributed by atoms with Gasteiger partial charge in [0.25, 0.3) is 0 Å². The van der Waals surface area contributed by atoms with Crippen LogP contribution in [-0.4, -0.2) is 24.0 Å². The third-order valence-corrected chi connectivity index (χ3v) is 2.81. The van der Waals surface area contributed by atoms with Gasteiger partial charge in [-0.1, -0.05) is 6.07 Å². The molecule has 90 valence electrons. The van der Waals surface area contributed by atoms with Crippen molar-refractivity contribution in [1.29, 1.82) is 0 Å². The largest absolute Gasteiger partial charge is 0.453 e. The number of anilines is 1. The first kappa shape index (κ1) is 11.4. The van der Waals surface area contributed by atoms with Gasteiger partial charge in [-0.2, -0.15) is 0 Å². The van der Waals surface area contributed by atoms with Crippen molar-refractivity contribution in [3.05, 3.63) is 29.3 Å². The van der Waals surface area contributed by atoms with E-state index in [1.165, 1.54) is 7.11 Å². The molecule has 1 aliphatic rings. The zero-order valence-electron chi connectivity index (χ0n) is 9.82. The lowest BCUT2D eigenvalue weighted by Gasteiger charge is -2.11. The van der Waals surface area contributed by atoms with Crippen LogP contribution >= 0.6 is 0 Å². The van der Waals surface area contributed by atoms with E-state index in [-0.39, 0.29) is 5.91 Å². The first-order chi connectivity index (χ1) is 8.10. The van der Waals surface area contributed by atoms with Gasteiger partial charge in [-0.3, -0.25) is 10.1 Å². The van der Waals surface area contributed by atoms with Gasteiger partial charge in [-0.25, -0.2) is 4.79 Å². The number of ether oxygens (including phenoxy) is 1. The molecule has 1 aliphatic heterocycles.